The number of aromatic nitrogens is 3. The van der Waals surface area contributed by atoms with Crippen LogP contribution >= 0.6 is 0 Å². The number of carbonyl (C=O) groups is 1. The summed E-state index contributed by atoms with van der Waals surface area (Å²) in [6.45, 7) is 1.97. The van der Waals surface area contributed by atoms with Gasteiger partial charge >= 0.3 is 0 Å². The van der Waals surface area contributed by atoms with Gasteiger partial charge in [0.25, 0.3) is 0 Å². The molecule has 1 N–H and O–H groups in total. The van der Waals surface area contributed by atoms with Crippen molar-refractivity contribution < 1.29 is 13.2 Å². The molecule has 1 aromatic carbocycles. The van der Waals surface area contributed by atoms with Crippen LogP contribution in [0.5, 0.6) is 0 Å². The van der Waals surface area contributed by atoms with Crippen molar-refractivity contribution in [3.63, 3.8) is 0 Å². The first-order valence-corrected chi connectivity index (χ1v) is 9.83. The normalized spacial score (nSPS) is 12.2. The van der Waals surface area contributed by atoms with E-state index in [2.05, 4.69) is 15.6 Å². The Bertz CT molecular complexity index is 860. The number of likely N-dealkylation sites (N-methyl/N-ethyl adjacent to an activating group) is 1. The second-order valence-electron chi connectivity index (χ2n) is 6.51. The first-order chi connectivity index (χ1) is 12.2. The third kappa shape index (κ3) is 4.99. The molecular weight excluding hydrogens is 356 g/mol. The lowest BCUT2D eigenvalue weighted by Gasteiger charge is -2.11. The van der Waals surface area contributed by atoms with Gasteiger partial charge in [0.15, 0.2) is 0 Å². The fourth-order valence-electron chi connectivity index (χ4n) is 2.39. The van der Waals surface area contributed by atoms with Gasteiger partial charge in [-0.15, -0.1) is 5.10 Å². The van der Waals surface area contributed by atoms with Gasteiger partial charge in [-0.2, -0.15) is 0 Å². The molecule has 144 valence electrons. The molecule has 0 aliphatic rings. The van der Waals surface area contributed by atoms with E-state index in [0.29, 0.717) is 31.4 Å². The van der Waals surface area contributed by atoms with E-state index in [9.17, 15) is 13.2 Å². The lowest BCUT2D eigenvalue weighted by Crippen LogP contribution is -2.31. The standard InChI is InChI=1S/C16H26N6O3S/c1-20(2)11-9-17-16(23)6-5-10-22-15-8-7-13(12-14(15)18-19-22)26(24,25)21(3)4/h7-8,12H,5-6,9-11H2,1-4H3,(H,17,23). The van der Waals surface area contributed by atoms with Gasteiger partial charge < -0.3 is 10.2 Å². The number of rotatable bonds is 9. The minimum Gasteiger partial charge on any atom is -0.355 e. The number of fused-ring (bicyclic) bond motifs is 1. The predicted molar refractivity (Wildman–Crippen MR) is 99.2 cm³/mol. The number of hydrogen-bond donors (Lipinski definition) is 1. The summed E-state index contributed by atoms with van der Waals surface area (Å²) in [4.78, 5) is 14.0. The summed E-state index contributed by atoms with van der Waals surface area (Å²) in [5.74, 6) is 0.00985. The van der Waals surface area contributed by atoms with Crippen LogP contribution in [0, 0.1) is 0 Å². The predicted octanol–water partition coefficient (Wildman–Crippen LogP) is 0.140. The second kappa shape index (κ2) is 8.56. The highest BCUT2D eigenvalue weighted by molar-refractivity contribution is 7.89. The molecule has 0 saturated carbocycles. The molecule has 9 nitrogen and oxygen atoms in total. The largest absolute Gasteiger partial charge is 0.355 e. The Kier molecular flexibility index (Phi) is 6.68. The lowest BCUT2D eigenvalue weighted by molar-refractivity contribution is -0.121. The van der Waals surface area contributed by atoms with Crippen molar-refractivity contribution in [1.29, 1.82) is 0 Å². The van der Waals surface area contributed by atoms with E-state index in [1.165, 1.54) is 20.2 Å². The number of hydrogen-bond acceptors (Lipinski definition) is 6. The molecule has 0 bridgehead atoms. The smallest absolute Gasteiger partial charge is 0.242 e. The van der Waals surface area contributed by atoms with Gasteiger partial charge in [-0.3, -0.25) is 4.79 Å². The van der Waals surface area contributed by atoms with Gasteiger partial charge in [-0.1, -0.05) is 5.21 Å². The molecule has 10 heteroatoms. The monoisotopic (exact) mass is 382 g/mol. The van der Waals surface area contributed by atoms with Crippen molar-refractivity contribution in [2.75, 3.05) is 41.3 Å². The van der Waals surface area contributed by atoms with Gasteiger partial charge in [0.05, 0.1) is 10.4 Å². The van der Waals surface area contributed by atoms with Crippen LogP contribution in [0.4, 0.5) is 0 Å². The maximum Gasteiger partial charge on any atom is 0.242 e. The molecule has 0 saturated heterocycles. The van der Waals surface area contributed by atoms with E-state index in [4.69, 9.17) is 0 Å². The lowest BCUT2D eigenvalue weighted by atomic mass is 10.2. The summed E-state index contributed by atoms with van der Waals surface area (Å²) in [7, 11) is 3.38. The van der Waals surface area contributed by atoms with E-state index in [1.54, 1.807) is 16.8 Å². The van der Waals surface area contributed by atoms with Crippen LogP contribution in [-0.4, -0.2) is 79.8 Å². The fourth-order valence-corrected chi connectivity index (χ4v) is 3.31. The number of amides is 1. The molecule has 0 aliphatic heterocycles. The second-order valence-corrected chi connectivity index (χ2v) is 8.66. The van der Waals surface area contributed by atoms with Crippen LogP contribution in [0.1, 0.15) is 12.8 Å². The van der Waals surface area contributed by atoms with E-state index in [-0.39, 0.29) is 10.8 Å². The highest BCUT2D eigenvalue weighted by Crippen LogP contribution is 2.19. The van der Waals surface area contributed by atoms with E-state index < -0.39 is 10.0 Å². The van der Waals surface area contributed by atoms with Gasteiger partial charge in [0, 0.05) is 40.2 Å². The average Bonchev–Trinajstić information content (AvgIpc) is 2.96. The Hall–Kier alpha value is -2.04. The summed E-state index contributed by atoms with van der Waals surface area (Å²) in [5.41, 5.74) is 1.26. The zero-order valence-corrected chi connectivity index (χ0v) is 16.5. The van der Waals surface area contributed by atoms with E-state index in [0.717, 1.165) is 16.4 Å². The third-order valence-corrected chi connectivity index (χ3v) is 5.73. The summed E-state index contributed by atoms with van der Waals surface area (Å²) >= 11 is 0. The van der Waals surface area contributed by atoms with Crippen LogP contribution in [0.15, 0.2) is 23.1 Å². The summed E-state index contributed by atoms with van der Waals surface area (Å²) in [6.07, 6.45) is 1.03. The molecule has 0 atom stereocenters. The minimum absolute atomic E-state index is 0.00985. The molecule has 0 radical (unpaired) electrons. The zero-order chi connectivity index (χ0) is 19.3. The number of nitrogens with one attached hydrogen (secondary N) is 1. The van der Waals surface area contributed by atoms with Crippen molar-refractivity contribution in [2.24, 2.45) is 0 Å². The first kappa shape index (κ1) is 20.3. The number of sulfonamides is 1. The Balaban J connectivity index is 1.96. The maximum absolute atomic E-state index is 12.2. The quantitative estimate of drug-likeness (QED) is 0.662. The molecule has 0 unspecified atom stereocenters. The first-order valence-electron chi connectivity index (χ1n) is 8.39. The van der Waals surface area contributed by atoms with Gasteiger partial charge in [-0.25, -0.2) is 17.4 Å². The van der Waals surface area contributed by atoms with Crippen molar-refractivity contribution >= 4 is 27.0 Å². The molecule has 0 spiro atoms. The molecule has 0 fully saturated rings. The van der Waals surface area contributed by atoms with Crippen molar-refractivity contribution in [1.82, 2.24) is 29.5 Å². The molecule has 1 aromatic heterocycles. The Morgan fingerprint density at radius 1 is 1.23 bits per heavy atom. The number of carbonyl (C=O) groups excluding carboxylic acids is 1. The van der Waals surface area contributed by atoms with Crippen molar-refractivity contribution in [2.45, 2.75) is 24.3 Å². The summed E-state index contributed by atoms with van der Waals surface area (Å²) < 4.78 is 27.2. The van der Waals surface area contributed by atoms with Crippen molar-refractivity contribution in [3.05, 3.63) is 18.2 Å². The van der Waals surface area contributed by atoms with Crippen LogP contribution in [0.3, 0.4) is 0 Å². The molecule has 26 heavy (non-hydrogen) atoms. The summed E-state index contributed by atoms with van der Waals surface area (Å²) in [6, 6.07) is 4.76. The van der Waals surface area contributed by atoms with Gasteiger partial charge in [0.2, 0.25) is 15.9 Å². The molecule has 0 aliphatic carbocycles. The minimum atomic E-state index is -3.50. The topological polar surface area (TPSA) is 100 Å². The zero-order valence-electron chi connectivity index (χ0n) is 15.6. The number of nitrogens with zero attached hydrogens (tertiary/aromatic N) is 5. The van der Waals surface area contributed by atoms with Crippen molar-refractivity contribution in [3.8, 4) is 0 Å². The molecule has 1 heterocycles. The van der Waals surface area contributed by atoms with Crippen LogP contribution in [0.2, 0.25) is 0 Å². The Labute approximate surface area is 154 Å². The van der Waals surface area contributed by atoms with E-state index in [1.807, 2.05) is 19.0 Å². The number of benzene rings is 1. The van der Waals surface area contributed by atoms with Crippen LogP contribution in [-0.2, 0) is 21.4 Å². The average molecular weight is 382 g/mol. The highest BCUT2D eigenvalue weighted by Gasteiger charge is 2.18. The third-order valence-electron chi connectivity index (χ3n) is 3.92. The maximum atomic E-state index is 12.2. The molecule has 2 aromatic rings. The molecular formula is C16H26N6O3S. The number of aryl methyl sites for hydroxylation is 1. The van der Waals surface area contributed by atoms with Gasteiger partial charge in [0.1, 0.15) is 5.52 Å². The van der Waals surface area contributed by atoms with E-state index >= 15 is 0 Å². The Morgan fingerprint density at radius 2 is 1.96 bits per heavy atom. The highest BCUT2D eigenvalue weighted by atomic mass is 32.2. The molecule has 1 amide bonds. The van der Waals surface area contributed by atoms with Gasteiger partial charge in [-0.05, 0) is 38.7 Å². The fraction of sp³-hybridized carbons (Fsp3) is 0.562. The van der Waals surface area contributed by atoms with Crippen LogP contribution in [0.25, 0.3) is 11.0 Å². The Morgan fingerprint density at radius 3 is 2.62 bits per heavy atom. The SMILES string of the molecule is CN(C)CCNC(=O)CCCn1nnc2cc(S(=O)(=O)N(C)C)ccc21. The molecule has 2 rings (SSSR count). The summed E-state index contributed by atoms with van der Waals surface area (Å²) in [5, 5.41) is 11.0. The van der Waals surface area contributed by atoms with Crippen LogP contribution < -0.4 is 5.32 Å².